The predicted molar refractivity (Wildman–Crippen MR) is 55.7 cm³/mol. The van der Waals surface area contributed by atoms with Crippen LogP contribution in [0.15, 0.2) is 6.20 Å². The molecule has 5 nitrogen and oxygen atoms in total. The molecular formula is C9H13ClN4O. The third-order valence-corrected chi connectivity index (χ3v) is 3.45. The van der Waals surface area contributed by atoms with Crippen LogP contribution in [0.4, 0.5) is 0 Å². The van der Waals surface area contributed by atoms with Crippen LogP contribution in [0.1, 0.15) is 23.8 Å². The predicted octanol–water partition coefficient (Wildman–Crippen LogP) is 0.896. The van der Waals surface area contributed by atoms with Crippen molar-refractivity contribution in [3.05, 3.63) is 11.9 Å². The zero-order valence-corrected chi connectivity index (χ0v) is 9.29. The second kappa shape index (κ2) is 3.81. The van der Waals surface area contributed by atoms with Crippen LogP contribution < -0.4 is 0 Å². The fraction of sp³-hybridized carbons (Fsp3) is 0.667. The number of aromatic nitrogens is 3. The van der Waals surface area contributed by atoms with Crippen LogP contribution in [-0.2, 0) is 0 Å². The van der Waals surface area contributed by atoms with E-state index in [1.165, 1.54) is 6.20 Å². The van der Waals surface area contributed by atoms with Gasteiger partial charge in [-0.25, -0.2) is 0 Å². The van der Waals surface area contributed by atoms with Gasteiger partial charge in [0.05, 0.1) is 6.20 Å². The van der Waals surface area contributed by atoms with Gasteiger partial charge in [-0.2, -0.15) is 15.4 Å². The summed E-state index contributed by atoms with van der Waals surface area (Å²) in [6.45, 7) is 3.53. The lowest BCUT2D eigenvalue weighted by atomic mass is 9.93. The van der Waals surface area contributed by atoms with Crippen LogP contribution in [0.3, 0.4) is 0 Å². The van der Waals surface area contributed by atoms with Crippen molar-refractivity contribution in [3.8, 4) is 0 Å². The Morgan fingerprint density at radius 1 is 1.80 bits per heavy atom. The highest BCUT2D eigenvalue weighted by Crippen LogP contribution is 2.31. The minimum Gasteiger partial charge on any atom is -0.337 e. The van der Waals surface area contributed by atoms with Crippen molar-refractivity contribution in [3.63, 3.8) is 0 Å². The van der Waals surface area contributed by atoms with E-state index in [9.17, 15) is 4.79 Å². The summed E-state index contributed by atoms with van der Waals surface area (Å²) >= 11 is 5.87. The summed E-state index contributed by atoms with van der Waals surface area (Å²) in [6.07, 6.45) is 2.39. The lowest BCUT2D eigenvalue weighted by Crippen LogP contribution is -2.31. The molecule has 1 N–H and O–H groups in total. The van der Waals surface area contributed by atoms with E-state index in [0.29, 0.717) is 18.1 Å². The average Bonchev–Trinajstić information content (AvgIpc) is 2.86. The molecule has 82 valence electrons. The normalized spacial score (nSPS) is 25.9. The van der Waals surface area contributed by atoms with Gasteiger partial charge in [0.25, 0.3) is 5.91 Å². The average molecular weight is 229 g/mol. The zero-order valence-electron chi connectivity index (χ0n) is 8.53. The Balaban J connectivity index is 2.06. The number of nitrogens with one attached hydrogen (secondary N) is 1. The maximum Gasteiger partial charge on any atom is 0.276 e. The molecule has 0 aliphatic carbocycles. The molecule has 1 aromatic rings. The first-order valence-corrected chi connectivity index (χ1v) is 5.39. The molecule has 1 atom stereocenters. The van der Waals surface area contributed by atoms with E-state index in [1.807, 2.05) is 0 Å². The molecule has 0 aromatic carbocycles. The number of halogens is 1. The van der Waals surface area contributed by atoms with Gasteiger partial charge in [-0.05, 0) is 6.42 Å². The maximum atomic E-state index is 11.9. The molecule has 1 aliphatic rings. The van der Waals surface area contributed by atoms with Gasteiger partial charge < -0.3 is 4.90 Å². The number of amides is 1. The quantitative estimate of drug-likeness (QED) is 0.765. The van der Waals surface area contributed by atoms with Crippen molar-refractivity contribution in [2.24, 2.45) is 5.41 Å². The first kappa shape index (κ1) is 10.4. The molecule has 1 amide bonds. The molecule has 1 fully saturated rings. The van der Waals surface area contributed by atoms with Gasteiger partial charge in [0, 0.05) is 24.4 Å². The lowest BCUT2D eigenvalue weighted by molar-refractivity contribution is 0.0773. The van der Waals surface area contributed by atoms with Gasteiger partial charge >= 0.3 is 0 Å². The number of hydrogen-bond acceptors (Lipinski definition) is 3. The molecule has 1 aromatic heterocycles. The fourth-order valence-electron chi connectivity index (χ4n) is 1.77. The Kier molecular flexibility index (Phi) is 2.65. The Labute approximate surface area is 92.8 Å². The van der Waals surface area contributed by atoms with Crippen molar-refractivity contribution in [2.75, 3.05) is 19.0 Å². The molecule has 6 heteroatoms. The highest BCUT2D eigenvalue weighted by molar-refractivity contribution is 6.18. The summed E-state index contributed by atoms with van der Waals surface area (Å²) < 4.78 is 0. The molecule has 15 heavy (non-hydrogen) atoms. The molecule has 0 saturated carbocycles. The van der Waals surface area contributed by atoms with Crippen LogP contribution in [-0.4, -0.2) is 45.2 Å². The summed E-state index contributed by atoms with van der Waals surface area (Å²) in [6, 6.07) is 0. The third kappa shape index (κ3) is 1.97. The van der Waals surface area contributed by atoms with Crippen molar-refractivity contribution in [1.82, 2.24) is 20.3 Å². The first-order valence-electron chi connectivity index (χ1n) is 4.86. The zero-order chi connectivity index (χ0) is 10.9. The van der Waals surface area contributed by atoms with Gasteiger partial charge in [0.15, 0.2) is 5.69 Å². The smallest absolute Gasteiger partial charge is 0.276 e. The molecule has 0 spiro atoms. The van der Waals surface area contributed by atoms with E-state index < -0.39 is 0 Å². The van der Waals surface area contributed by atoms with Crippen LogP contribution >= 0.6 is 11.6 Å². The number of carbonyl (C=O) groups excluding carboxylic acids is 1. The summed E-state index contributed by atoms with van der Waals surface area (Å²) in [7, 11) is 0. The highest BCUT2D eigenvalue weighted by Gasteiger charge is 2.36. The molecular weight excluding hydrogens is 216 g/mol. The number of H-pyrrole nitrogens is 1. The molecule has 2 heterocycles. The summed E-state index contributed by atoms with van der Waals surface area (Å²) in [4.78, 5) is 13.7. The number of alkyl halides is 1. The number of carbonyl (C=O) groups is 1. The maximum absolute atomic E-state index is 11.9. The Bertz CT molecular complexity index is 353. The van der Waals surface area contributed by atoms with E-state index in [0.717, 1.165) is 13.0 Å². The van der Waals surface area contributed by atoms with E-state index in [1.54, 1.807) is 4.90 Å². The molecule has 1 unspecified atom stereocenters. The SMILES string of the molecule is CC1(CCl)CCN(C(=O)c2cn[nH]n2)C1. The highest BCUT2D eigenvalue weighted by atomic mass is 35.5. The number of hydrogen-bond donors (Lipinski definition) is 1. The molecule has 1 saturated heterocycles. The second-order valence-electron chi connectivity index (χ2n) is 4.28. The largest absolute Gasteiger partial charge is 0.337 e. The first-order chi connectivity index (χ1) is 7.14. The summed E-state index contributed by atoms with van der Waals surface area (Å²) in [5, 5.41) is 9.83. The number of rotatable bonds is 2. The van der Waals surface area contributed by atoms with E-state index >= 15 is 0 Å². The Morgan fingerprint density at radius 2 is 2.60 bits per heavy atom. The van der Waals surface area contributed by atoms with E-state index in [-0.39, 0.29) is 11.3 Å². The number of aromatic amines is 1. The van der Waals surface area contributed by atoms with E-state index in [4.69, 9.17) is 11.6 Å². The second-order valence-corrected chi connectivity index (χ2v) is 4.54. The van der Waals surface area contributed by atoms with Crippen LogP contribution in [0.25, 0.3) is 0 Å². The molecule has 0 bridgehead atoms. The van der Waals surface area contributed by atoms with Gasteiger partial charge in [-0.15, -0.1) is 11.6 Å². The van der Waals surface area contributed by atoms with Crippen LogP contribution in [0.2, 0.25) is 0 Å². The van der Waals surface area contributed by atoms with Crippen molar-refractivity contribution in [1.29, 1.82) is 0 Å². The van der Waals surface area contributed by atoms with Crippen molar-refractivity contribution in [2.45, 2.75) is 13.3 Å². The van der Waals surface area contributed by atoms with Gasteiger partial charge in [-0.1, -0.05) is 6.92 Å². The third-order valence-electron chi connectivity index (χ3n) is 2.80. The van der Waals surface area contributed by atoms with Gasteiger partial charge in [0.1, 0.15) is 0 Å². The van der Waals surface area contributed by atoms with Crippen molar-refractivity contribution < 1.29 is 4.79 Å². The van der Waals surface area contributed by atoms with E-state index in [2.05, 4.69) is 22.3 Å². The van der Waals surface area contributed by atoms with Gasteiger partial charge in [0.2, 0.25) is 0 Å². The Hall–Kier alpha value is -1.10. The lowest BCUT2D eigenvalue weighted by Gasteiger charge is -2.20. The Morgan fingerprint density at radius 3 is 3.13 bits per heavy atom. The minimum atomic E-state index is -0.0717. The monoisotopic (exact) mass is 228 g/mol. The topological polar surface area (TPSA) is 61.9 Å². The van der Waals surface area contributed by atoms with Crippen LogP contribution in [0, 0.1) is 5.41 Å². The summed E-state index contributed by atoms with van der Waals surface area (Å²) in [5.74, 6) is 0.507. The molecule has 2 rings (SSSR count). The molecule has 1 aliphatic heterocycles. The standard InChI is InChI=1S/C9H13ClN4O/c1-9(5-10)2-3-14(6-9)8(15)7-4-11-13-12-7/h4H,2-3,5-6H2,1H3,(H,11,12,13). The van der Waals surface area contributed by atoms with Crippen molar-refractivity contribution >= 4 is 17.5 Å². The fourth-order valence-corrected chi connectivity index (χ4v) is 1.99. The van der Waals surface area contributed by atoms with Gasteiger partial charge in [-0.3, -0.25) is 4.79 Å². The van der Waals surface area contributed by atoms with Crippen LogP contribution in [0.5, 0.6) is 0 Å². The summed E-state index contributed by atoms with van der Waals surface area (Å²) in [5.41, 5.74) is 0.412. The number of nitrogens with zero attached hydrogens (tertiary/aromatic N) is 3. The molecule has 0 radical (unpaired) electrons. The number of likely N-dealkylation sites (tertiary alicyclic amines) is 1. The minimum absolute atomic E-state index is 0.0426.